The first-order valence-electron chi connectivity index (χ1n) is 6.42. The maximum absolute atomic E-state index is 12.5. The summed E-state index contributed by atoms with van der Waals surface area (Å²) in [5, 5.41) is 8.77. The van der Waals surface area contributed by atoms with Crippen LogP contribution in [0.25, 0.3) is 0 Å². The molecule has 5 nitrogen and oxygen atoms in total. The van der Waals surface area contributed by atoms with E-state index in [0.29, 0.717) is 12.5 Å². The Hall–Kier alpha value is -0.820. The van der Waals surface area contributed by atoms with Gasteiger partial charge in [-0.3, -0.25) is 0 Å². The Balaban J connectivity index is 2.41. The van der Waals surface area contributed by atoms with Crippen LogP contribution in [0.1, 0.15) is 29.6 Å². The van der Waals surface area contributed by atoms with Crippen molar-refractivity contribution in [1.29, 1.82) is 0 Å². The molecule has 1 fully saturated rings. The normalized spacial score (nSPS) is 16.0. The fourth-order valence-electron chi connectivity index (χ4n) is 2.21. The first-order valence-corrected chi connectivity index (χ1v) is 8.61. The number of aromatic carboxylic acids is 1. The lowest BCUT2D eigenvalue weighted by molar-refractivity contribution is 0.0697. The molecule has 0 aromatic heterocycles. The van der Waals surface area contributed by atoms with Crippen molar-refractivity contribution < 1.29 is 18.3 Å². The summed E-state index contributed by atoms with van der Waals surface area (Å²) in [5.41, 5.74) is -0.320. The van der Waals surface area contributed by atoms with E-state index >= 15 is 0 Å². The molecule has 0 radical (unpaired) electrons. The molecule has 0 unspecified atom stereocenters. The summed E-state index contributed by atoms with van der Waals surface area (Å²) in [4.78, 5) is 10.8. The summed E-state index contributed by atoms with van der Waals surface area (Å²) in [6.45, 7) is 0.396. The van der Waals surface area contributed by atoms with Crippen LogP contribution in [0.3, 0.4) is 0 Å². The second-order valence-electron chi connectivity index (χ2n) is 5.15. The van der Waals surface area contributed by atoms with E-state index in [4.69, 9.17) is 28.3 Å². The van der Waals surface area contributed by atoms with E-state index in [2.05, 4.69) is 0 Å². The number of benzene rings is 1. The first kappa shape index (κ1) is 16.5. The van der Waals surface area contributed by atoms with Crippen LogP contribution in [-0.2, 0) is 10.0 Å². The van der Waals surface area contributed by atoms with Crippen molar-refractivity contribution in [2.45, 2.75) is 24.2 Å². The summed E-state index contributed by atoms with van der Waals surface area (Å²) in [6.07, 6.45) is 3.12. The van der Waals surface area contributed by atoms with Crippen LogP contribution in [0.5, 0.6) is 0 Å². The maximum atomic E-state index is 12.5. The van der Waals surface area contributed by atoms with Gasteiger partial charge in [0.25, 0.3) is 0 Å². The standard InChI is InChI=1S/C13H15Cl2NO4S/c1-16(7-8-3-2-4-8)21(19,20)11-6-9(14)5-10(12(11)15)13(17)18/h5-6,8H,2-4,7H2,1H3,(H,17,18). The van der Waals surface area contributed by atoms with E-state index in [-0.39, 0.29) is 20.5 Å². The zero-order valence-electron chi connectivity index (χ0n) is 11.3. The number of hydrogen-bond acceptors (Lipinski definition) is 3. The number of nitrogens with zero attached hydrogens (tertiary/aromatic N) is 1. The van der Waals surface area contributed by atoms with Crippen molar-refractivity contribution in [2.75, 3.05) is 13.6 Å². The van der Waals surface area contributed by atoms with Gasteiger partial charge in [0.1, 0.15) is 4.90 Å². The topological polar surface area (TPSA) is 74.7 Å². The molecule has 1 aromatic rings. The number of carboxylic acid groups (broad SMARTS) is 1. The molecule has 0 heterocycles. The van der Waals surface area contributed by atoms with Crippen molar-refractivity contribution >= 4 is 39.2 Å². The van der Waals surface area contributed by atoms with Crippen molar-refractivity contribution in [3.63, 3.8) is 0 Å². The quantitative estimate of drug-likeness (QED) is 0.884. The van der Waals surface area contributed by atoms with E-state index in [9.17, 15) is 13.2 Å². The third-order valence-electron chi connectivity index (χ3n) is 3.66. The van der Waals surface area contributed by atoms with Gasteiger partial charge in [-0.2, -0.15) is 0 Å². The second-order valence-corrected chi connectivity index (χ2v) is 7.98. The van der Waals surface area contributed by atoms with Crippen molar-refractivity contribution in [3.8, 4) is 0 Å². The van der Waals surface area contributed by atoms with Gasteiger partial charge in [-0.15, -0.1) is 0 Å². The number of halogens is 2. The highest BCUT2D eigenvalue weighted by molar-refractivity contribution is 7.89. The number of sulfonamides is 1. The van der Waals surface area contributed by atoms with Crippen LogP contribution in [0.2, 0.25) is 10.0 Å². The molecule has 0 atom stereocenters. The Labute approximate surface area is 133 Å². The van der Waals surface area contributed by atoms with E-state index < -0.39 is 16.0 Å². The fourth-order valence-corrected chi connectivity index (χ4v) is 4.33. The lowest BCUT2D eigenvalue weighted by Crippen LogP contribution is -2.34. The molecule has 0 amide bonds. The van der Waals surface area contributed by atoms with Crippen molar-refractivity contribution in [1.82, 2.24) is 4.31 Å². The Kier molecular flexibility index (Phi) is 4.82. The van der Waals surface area contributed by atoms with Crippen LogP contribution < -0.4 is 0 Å². The molecular weight excluding hydrogens is 337 g/mol. The average molecular weight is 352 g/mol. The number of rotatable bonds is 5. The number of carbonyl (C=O) groups is 1. The third kappa shape index (κ3) is 3.34. The largest absolute Gasteiger partial charge is 0.478 e. The highest BCUT2D eigenvalue weighted by Gasteiger charge is 2.30. The second kappa shape index (κ2) is 6.12. The highest BCUT2D eigenvalue weighted by atomic mass is 35.5. The molecular formula is C13H15Cl2NO4S. The molecule has 1 aliphatic carbocycles. The molecule has 0 saturated heterocycles. The lowest BCUT2D eigenvalue weighted by Gasteiger charge is -2.29. The minimum atomic E-state index is -3.87. The predicted octanol–water partition coefficient (Wildman–Crippen LogP) is 3.11. The molecule has 1 aliphatic rings. The van der Waals surface area contributed by atoms with Gasteiger partial charge in [0.2, 0.25) is 10.0 Å². The number of carboxylic acids is 1. The molecule has 0 aliphatic heterocycles. The van der Waals surface area contributed by atoms with E-state index in [1.54, 1.807) is 0 Å². The Morgan fingerprint density at radius 1 is 1.38 bits per heavy atom. The smallest absolute Gasteiger partial charge is 0.337 e. The van der Waals surface area contributed by atoms with Crippen LogP contribution in [0.15, 0.2) is 17.0 Å². The van der Waals surface area contributed by atoms with Gasteiger partial charge >= 0.3 is 5.97 Å². The average Bonchev–Trinajstić information content (AvgIpc) is 2.35. The molecule has 0 bridgehead atoms. The molecule has 1 aromatic carbocycles. The highest BCUT2D eigenvalue weighted by Crippen LogP contribution is 2.33. The third-order valence-corrected chi connectivity index (χ3v) is 6.25. The van der Waals surface area contributed by atoms with Gasteiger partial charge in [0, 0.05) is 18.6 Å². The first-order chi connectivity index (χ1) is 9.73. The zero-order valence-corrected chi connectivity index (χ0v) is 13.7. The summed E-state index contributed by atoms with van der Waals surface area (Å²) < 4.78 is 26.3. The Morgan fingerprint density at radius 3 is 2.48 bits per heavy atom. The van der Waals surface area contributed by atoms with Crippen LogP contribution in [0.4, 0.5) is 0 Å². The number of hydrogen-bond donors (Lipinski definition) is 1. The minimum absolute atomic E-state index is 0.0208. The maximum Gasteiger partial charge on any atom is 0.337 e. The molecule has 1 N–H and O–H groups in total. The van der Waals surface area contributed by atoms with Crippen LogP contribution in [0, 0.1) is 5.92 Å². The van der Waals surface area contributed by atoms with Gasteiger partial charge in [0.15, 0.2) is 0 Å². The molecule has 21 heavy (non-hydrogen) atoms. The molecule has 1 saturated carbocycles. The fraction of sp³-hybridized carbons (Fsp3) is 0.462. The summed E-state index contributed by atoms with van der Waals surface area (Å²) in [5.74, 6) is -0.970. The Morgan fingerprint density at radius 2 is 2.00 bits per heavy atom. The molecule has 0 spiro atoms. The lowest BCUT2D eigenvalue weighted by atomic mass is 9.86. The van der Waals surface area contributed by atoms with Gasteiger partial charge < -0.3 is 5.11 Å². The monoisotopic (exact) mass is 351 g/mol. The van der Waals surface area contributed by atoms with Crippen molar-refractivity contribution in [2.24, 2.45) is 5.92 Å². The SMILES string of the molecule is CN(CC1CCC1)S(=O)(=O)c1cc(Cl)cc(C(=O)O)c1Cl. The van der Waals surface area contributed by atoms with Gasteiger partial charge in [-0.05, 0) is 30.9 Å². The van der Waals surface area contributed by atoms with E-state index in [0.717, 1.165) is 25.3 Å². The summed E-state index contributed by atoms with van der Waals surface area (Å²) >= 11 is 11.8. The van der Waals surface area contributed by atoms with Crippen molar-refractivity contribution in [3.05, 3.63) is 27.7 Å². The van der Waals surface area contributed by atoms with Gasteiger partial charge in [-0.1, -0.05) is 29.6 Å². The Bertz CT molecular complexity index is 671. The molecule has 2 rings (SSSR count). The zero-order chi connectivity index (χ0) is 15.8. The van der Waals surface area contributed by atoms with E-state index in [1.165, 1.54) is 17.4 Å². The molecule has 8 heteroatoms. The van der Waals surface area contributed by atoms with Gasteiger partial charge in [0.05, 0.1) is 10.6 Å². The summed E-state index contributed by atoms with van der Waals surface area (Å²) in [7, 11) is -2.40. The molecule has 116 valence electrons. The van der Waals surface area contributed by atoms with E-state index in [1.807, 2.05) is 0 Å². The minimum Gasteiger partial charge on any atom is -0.478 e. The predicted molar refractivity (Wildman–Crippen MR) is 80.6 cm³/mol. The summed E-state index contributed by atoms with van der Waals surface area (Å²) in [6, 6.07) is 2.32. The van der Waals surface area contributed by atoms with Gasteiger partial charge in [-0.25, -0.2) is 17.5 Å². The van der Waals surface area contributed by atoms with Crippen LogP contribution >= 0.6 is 23.2 Å². The van der Waals surface area contributed by atoms with Crippen LogP contribution in [-0.4, -0.2) is 37.4 Å².